The van der Waals surface area contributed by atoms with Crippen LogP contribution in [0.2, 0.25) is 0 Å². The molecule has 0 atom stereocenters. The van der Waals surface area contributed by atoms with Gasteiger partial charge < -0.3 is 0 Å². The van der Waals surface area contributed by atoms with Crippen LogP contribution in [-0.2, 0) is 0 Å². The maximum Gasteiger partial charge on any atom is 0.160 e. The van der Waals surface area contributed by atoms with Crippen molar-refractivity contribution in [2.75, 3.05) is 0 Å². The van der Waals surface area contributed by atoms with E-state index in [4.69, 9.17) is 24.9 Å². The summed E-state index contributed by atoms with van der Waals surface area (Å²) >= 11 is 0. The lowest BCUT2D eigenvalue weighted by Crippen LogP contribution is -2.01. The van der Waals surface area contributed by atoms with Crippen molar-refractivity contribution in [2.45, 2.75) is 0 Å². The summed E-state index contributed by atoms with van der Waals surface area (Å²) in [5.41, 5.74) is 12.7. The molecule has 0 aliphatic carbocycles. The first-order valence-electron chi connectivity index (χ1n) is 21.7. The highest BCUT2D eigenvalue weighted by atomic mass is 15.1. The molecular formula is C59H38N6. The van der Waals surface area contributed by atoms with E-state index in [0.29, 0.717) is 11.6 Å². The summed E-state index contributed by atoms with van der Waals surface area (Å²) in [6.07, 6.45) is 0. The summed E-state index contributed by atoms with van der Waals surface area (Å²) < 4.78 is 2.22. The number of benzene rings is 9. The van der Waals surface area contributed by atoms with Gasteiger partial charge in [-0.3, -0.25) is 4.57 Å². The van der Waals surface area contributed by atoms with E-state index in [2.05, 4.69) is 187 Å². The van der Waals surface area contributed by atoms with Gasteiger partial charge in [-0.15, -0.1) is 0 Å². The van der Waals surface area contributed by atoms with Gasteiger partial charge in [0.2, 0.25) is 0 Å². The molecule has 65 heavy (non-hydrogen) atoms. The minimum Gasteiger partial charge on any atom is -0.292 e. The molecule has 3 heterocycles. The van der Waals surface area contributed by atoms with Gasteiger partial charge in [-0.05, 0) is 88.3 Å². The largest absolute Gasteiger partial charge is 0.292 e. The van der Waals surface area contributed by atoms with E-state index in [1.165, 1.54) is 10.8 Å². The maximum absolute atomic E-state index is 5.38. The van der Waals surface area contributed by atoms with E-state index >= 15 is 0 Å². The second kappa shape index (κ2) is 16.1. The standard InChI is InChI=1S/C59H38N6/c1-4-18-41(19-5-1)52-37-54(45-30-28-39-16-10-12-22-43(39)32-45)62-57(60-52)47-34-48(36-49(35-47)59-64-51-26-14-15-27-56(51)65(59)50-24-8-3-9-25-50)58-61-53(42-20-6-2-7-21-42)38-55(63-58)46-31-29-40-17-11-13-23-44(40)33-46/h1-38H. The lowest BCUT2D eigenvalue weighted by atomic mass is 10.0. The van der Waals surface area contributed by atoms with Gasteiger partial charge in [-0.25, -0.2) is 24.9 Å². The zero-order valence-corrected chi connectivity index (χ0v) is 35.1. The normalized spacial score (nSPS) is 11.4. The van der Waals surface area contributed by atoms with Gasteiger partial charge in [0, 0.05) is 44.6 Å². The molecule has 0 unspecified atom stereocenters. The predicted molar refractivity (Wildman–Crippen MR) is 265 cm³/mol. The van der Waals surface area contributed by atoms with Crippen LogP contribution in [0, 0.1) is 0 Å². The molecule has 0 saturated heterocycles. The van der Waals surface area contributed by atoms with Crippen LogP contribution in [0.5, 0.6) is 0 Å². The number of para-hydroxylation sites is 3. The number of hydrogen-bond acceptors (Lipinski definition) is 5. The Balaban J connectivity index is 1.13. The van der Waals surface area contributed by atoms with Crippen LogP contribution in [0.25, 0.3) is 117 Å². The lowest BCUT2D eigenvalue weighted by molar-refractivity contribution is 1.10. The predicted octanol–water partition coefficient (Wildman–Crippen LogP) is 14.6. The first kappa shape index (κ1) is 37.9. The first-order chi connectivity index (χ1) is 32.2. The molecule has 0 fully saturated rings. The fourth-order valence-electron chi connectivity index (χ4n) is 8.73. The fourth-order valence-corrected chi connectivity index (χ4v) is 8.73. The minimum atomic E-state index is 0.578. The number of imidazole rings is 1. The molecule has 12 rings (SSSR count). The highest BCUT2D eigenvalue weighted by Crippen LogP contribution is 2.37. The van der Waals surface area contributed by atoms with Crippen LogP contribution in [0.1, 0.15) is 0 Å². The third-order valence-corrected chi connectivity index (χ3v) is 12.0. The Morgan fingerprint density at radius 3 is 1.20 bits per heavy atom. The van der Waals surface area contributed by atoms with E-state index in [9.17, 15) is 0 Å². The third kappa shape index (κ3) is 7.29. The Labute approximate surface area is 375 Å². The van der Waals surface area contributed by atoms with Gasteiger partial charge in [-0.1, -0.05) is 164 Å². The highest BCUT2D eigenvalue weighted by Gasteiger charge is 2.20. The van der Waals surface area contributed by atoms with Gasteiger partial charge in [0.15, 0.2) is 11.6 Å². The number of aromatic nitrogens is 6. The number of nitrogens with zero attached hydrogens (tertiary/aromatic N) is 6. The zero-order chi connectivity index (χ0) is 43.1. The average Bonchev–Trinajstić information content (AvgIpc) is 3.79. The van der Waals surface area contributed by atoms with Crippen molar-refractivity contribution >= 4 is 32.6 Å². The summed E-state index contributed by atoms with van der Waals surface area (Å²) in [6, 6.07) is 79.8. The molecule has 0 spiro atoms. The van der Waals surface area contributed by atoms with Crippen molar-refractivity contribution < 1.29 is 0 Å². The van der Waals surface area contributed by atoms with Crippen LogP contribution in [0.4, 0.5) is 0 Å². The SMILES string of the molecule is c1ccc(-c2cc(-c3ccc4ccccc4c3)nc(-c3cc(-c4nc(-c5ccccc5)cc(-c5ccc6ccccc6c5)n4)cc(-c4nc5ccccc5n4-c4ccccc4)c3)n2)cc1. The highest BCUT2D eigenvalue weighted by molar-refractivity contribution is 5.90. The quantitative estimate of drug-likeness (QED) is 0.153. The van der Waals surface area contributed by atoms with E-state index < -0.39 is 0 Å². The summed E-state index contributed by atoms with van der Waals surface area (Å²) in [4.78, 5) is 26.8. The fraction of sp³-hybridized carbons (Fsp3) is 0. The van der Waals surface area contributed by atoms with Crippen LogP contribution in [-0.4, -0.2) is 29.5 Å². The summed E-state index contributed by atoms with van der Waals surface area (Å²) in [5, 5.41) is 4.64. The van der Waals surface area contributed by atoms with E-state index in [0.717, 1.165) is 95.0 Å². The van der Waals surface area contributed by atoms with Gasteiger partial charge in [0.1, 0.15) is 5.82 Å². The topological polar surface area (TPSA) is 69.4 Å². The number of hydrogen-bond donors (Lipinski definition) is 0. The molecule has 0 radical (unpaired) electrons. The Bertz CT molecular complexity index is 3530. The van der Waals surface area contributed by atoms with Gasteiger partial charge in [-0.2, -0.15) is 0 Å². The molecular weight excluding hydrogens is 793 g/mol. The molecule has 304 valence electrons. The van der Waals surface area contributed by atoms with E-state index in [1.54, 1.807) is 0 Å². The molecule has 0 amide bonds. The van der Waals surface area contributed by atoms with E-state index in [1.807, 2.05) is 48.5 Å². The van der Waals surface area contributed by atoms with Gasteiger partial charge in [0.25, 0.3) is 0 Å². The van der Waals surface area contributed by atoms with Crippen molar-refractivity contribution in [1.82, 2.24) is 29.5 Å². The summed E-state index contributed by atoms with van der Waals surface area (Å²) in [5.74, 6) is 1.94. The van der Waals surface area contributed by atoms with Crippen LogP contribution in [0.15, 0.2) is 231 Å². The monoisotopic (exact) mass is 830 g/mol. The Hall–Kier alpha value is -8.87. The summed E-state index contributed by atoms with van der Waals surface area (Å²) in [7, 11) is 0. The van der Waals surface area contributed by atoms with Gasteiger partial charge in [0.05, 0.1) is 33.8 Å². The zero-order valence-electron chi connectivity index (χ0n) is 35.1. The minimum absolute atomic E-state index is 0.578. The summed E-state index contributed by atoms with van der Waals surface area (Å²) in [6.45, 7) is 0. The van der Waals surface area contributed by atoms with Gasteiger partial charge >= 0.3 is 0 Å². The Morgan fingerprint density at radius 1 is 0.262 bits per heavy atom. The van der Waals surface area contributed by atoms with Crippen LogP contribution < -0.4 is 0 Å². The number of rotatable bonds is 8. The van der Waals surface area contributed by atoms with Crippen LogP contribution in [0.3, 0.4) is 0 Å². The van der Waals surface area contributed by atoms with Crippen molar-refractivity contribution in [3.8, 4) is 84.9 Å². The van der Waals surface area contributed by atoms with Crippen LogP contribution >= 0.6 is 0 Å². The first-order valence-corrected chi connectivity index (χ1v) is 21.7. The molecule has 0 aliphatic rings. The average molecular weight is 831 g/mol. The molecule has 0 bridgehead atoms. The third-order valence-electron chi connectivity index (χ3n) is 12.0. The second-order valence-electron chi connectivity index (χ2n) is 16.2. The Morgan fingerprint density at radius 2 is 0.677 bits per heavy atom. The van der Waals surface area contributed by atoms with Crippen molar-refractivity contribution in [3.63, 3.8) is 0 Å². The molecule has 12 aromatic rings. The van der Waals surface area contributed by atoms with E-state index in [-0.39, 0.29) is 0 Å². The smallest absolute Gasteiger partial charge is 0.160 e. The molecule has 3 aromatic heterocycles. The molecule has 6 heteroatoms. The Kier molecular flexibility index (Phi) is 9.38. The molecule has 0 N–H and O–H groups in total. The van der Waals surface area contributed by atoms with Crippen molar-refractivity contribution in [1.29, 1.82) is 0 Å². The molecule has 0 aliphatic heterocycles. The number of fused-ring (bicyclic) bond motifs is 3. The lowest BCUT2D eigenvalue weighted by Gasteiger charge is -2.15. The molecule has 0 saturated carbocycles. The van der Waals surface area contributed by atoms with Crippen molar-refractivity contribution in [2.24, 2.45) is 0 Å². The maximum atomic E-state index is 5.38. The van der Waals surface area contributed by atoms with Crippen molar-refractivity contribution in [3.05, 3.63) is 231 Å². The molecule has 9 aromatic carbocycles. The second-order valence-corrected chi connectivity index (χ2v) is 16.2. The molecule has 6 nitrogen and oxygen atoms in total.